The summed E-state index contributed by atoms with van der Waals surface area (Å²) < 4.78 is 1.26. The average Bonchev–Trinajstić information content (AvgIpc) is 2.95. The van der Waals surface area contributed by atoms with E-state index in [4.69, 9.17) is 0 Å². The van der Waals surface area contributed by atoms with Gasteiger partial charge in [-0.15, -0.1) is 10.2 Å². The fourth-order valence-electron chi connectivity index (χ4n) is 1.76. The highest BCUT2D eigenvalue weighted by Gasteiger charge is 2.09. The van der Waals surface area contributed by atoms with E-state index in [1.807, 2.05) is 0 Å². The summed E-state index contributed by atoms with van der Waals surface area (Å²) in [6.45, 7) is -0.115. The van der Waals surface area contributed by atoms with Crippen LogP contribution in [0.3, 0.4) is 0 Å². The number of carbonyl (C=O) groups excluding carboxylic acids is 1. The molecule has 0 bridgehead atoms. The molecule has 7 nitrogen and oxygen atoms in total. The van der Waals surface area contributed by atoms with Crippen molar-refractivity contribution in [3.63, 3.8) is 0 Å². The molecule has 0 aliphatic heterocycles. The number of hydrogen-bond donors (Lipinski definition) is 1. The highest BCUT2D eigenvalue weighted by Crippen LogP contribution is 2.08. The van der Waals surface area contributed by atoms with Crippen LogP contribution in [-0.4, -0.2) is 25.7 Å². The number of benzene rings is 1. The van der Waals surface area contributed by atoms with E-state index < -0.39 is 0 Å². The minimum atomic E-state index is -0.346. The number of fused-ring (bicyclic) bond motifs is 1. The fraction of sp³-hybridized carbons (Fsp3) is 0.0833. The number of rotatable bonds is 3. The topological polar surface area (TPSA) is 89.8 Å². The summed E-state index contributed by atoms with van der Waals surface area (Å²) in [6.07, 6.45) is 1.37. The molecular formula is C12H9N5O2S. The van der Waals surface area contributed by atoms with Crippen molar-refractivity contribution in [3.8, 4) is 0 Å². The Labute approximate surface area is 116 Å². The number of aromatic nitrogens is 4. The van der Waals surface area contributed by atoms with E-state index in [-0.39, 0.29) is 18.0 Å². The second kappa shape index (κ2) is 5.17. The van der Waals surface area contributed by atoms with Crippen molar-refractivity contribution in [1.82, 2.24) is 19.7 Å². The number of amides is 1. The van der Waals surface area contributed by atoms with Crippen LogP contribution >= 0.6 is 11.3 Å². The molecule has 0 spiro atoms. The minimum Gasteiger partial charge on any atom is -0.299 e. The van der Waals surface area contributed by atoms with Gasteiger partial charge >= 0.3 is 0 Å². The van der Waals surface area contributed by atoms with Crippen molar-refractivity contribution in [2.24, 2.45) is 0 Å². The van der Waals surface area contributed by atoms with Crippen molar-refractivity contribution >= 4 is 33.3 Å². The third-order valence-corrected chi connectivity index (χ3v) is 3.26. The third kappa shape index (κ3) is 2.41. The lowest BCUT2D eigenvalue weighted by molar-refractivity contribution is -0.116. The van der Waals surface area contributed by atoms with E-state index in [1.54, 1.807) is 24.3 Å². The summed E-state index contributed by atoms with van der Waals surface area (Å²) in [4.78, 5) is 28.1. The standard InChI is InChI=1S/C12H9N5O2S/c18-10(15-12-16-14-7-20-12)5-17-6-13-9-4-2-1-3-8(9)11(17)19/h1-4,6-7H,5H2,(H,15,16,18). The number of nitrogens with one attached hydrogen (secondary N) is 1. The van der Waals surface area contributed by atoms with Gasteiger partial charge in [-0.2, -0.15) is 0 Å². The molecule has 0 atom stereocenters. The third-order valence-electron chi connectivity index (χ3n) is 2.65. The Bertz CT molecular complexity index is 812. The van der Waals surface area contributed by atoms with E-state index >= 15 is 0 Å². The zero-order valence-corrected chi connectivity index (χ0v) is 11.0. The first-order chi connectivity index (χ1) is 9.74. The van der Waals surface area contributed by atoms with Crippen molar-refractivity contribution in [2.75, 3.05) is 5.32 Å². The average molecular weight is 287 g/mol. The summed E-state index contributed by atoms with van der Waals surface area (Å²) in [5.41, 5.74) is 1.88. The summed E-state index contributed by atoms with van der Waals surface area (Å²) in [6, 6.07) is 7.00. The molecule has 0 radical (unpaired) electrons. The molecule has 1 aromatic carbocycles. The van der Waals surface area contributed by atoms with E-state index in [0.717, 1.165) is 0 Å². The number of carbonyl (C=O) groups is 1. The first kappa shape index (κ1) is 12.4. The number of hydrogen-bond acceptors (Lipinski definition) is 6. The quantitative estimate of drug-likeness (QED) is 0.772. The van der Waals surface area contributed by atoms with Crippen LogP contribution in [0.2, 0.25) is 0 Å². The molecule has 0 aliphatic carbocycles. The van der Waals surface area contributed by atoms with Gasteiger partial charge in [0.25, 0.3) is 5.56 Å². The second-order valence-corrected chi connectivity index (χ2v) is 4.82. The van der Waals surface area contributed by atoms with E-state index in [0.29, 0.717) is 16.0 Å². The van der Waals surface area contributed by atoms with Gasteiger partial charge in [0.15, 0.2) is 0 Å². The van der Waals surface area contributed by atoms with Crippen LogP contribution in [0.4, 0.5) is 5.13 Å². The zero-order chi connectivity index (χ0) is 13.9. The molecule has 0 fully saturated rings. The van der Waals surface area contributed by atoms with Gasteiger partial charge in [-0.05, 0) is 12.1 Å². The Morgan fingerprint density at radius 1 is 1.35 bits per heavy atom. The molecule has 20 heavy (non-hydrogen) atoms. The Hall–Kier alpha value is -2.61. The van der Waals surface area contributed by atoms with Crippen LogP contribution in [0, 0.1) is 0 Å². The molecule has 3 rings (SSSR count). The maximum atomic E-state index is 12.2. The molecule has 1 N–H and O–H groups in total. The Morgan fingerprint density at radius 2 is 2.20 bits per heavy atom. The maximum absolute atomic E-state index is 12.2. The van der Waals surface area contributed by atoms with Crippen LogP contribution in [0.15, 0.2) is 40.9 Å². The largest absolute Gasteiger partial charge is 0.299 e. The lowest BCUT2D eigenvalue weighted by Gasteiger charge is -2.05. The van der Waals surface area contributed by atoms with Crippen LogP contribution in [-0.2, 0) is 11.3 Å². The predicted octanol–water partition coefficient (Wildman–Crippen LogP) is 0.887. The molecule has 100 valence electrons. The van der Waals surface area contributed by atoms with E-state index in [2.05, 4.69) is 20.5 Å². The highest BCUT2D eigenvalue weighted by atomic mass is 32.1. The van der Waals surface area contributed by atoms with Gasteiger partial charge in [0.05, 0.1) is 17.2 Å². The van der Waals surface area contributed by atoms with Gasteiger partial charge in [-0.3, -0.25) is 19.5 Å². The first-order valence-corrected chi connectivity index (χ1v) is 6.62. The summed E-state index contributed by atoms with van der Waals surface area (Å²) in [5, 5.41) is 10.8. The molecule has 0 unspecified atom stereocenters. The molecular weight excluding hydrogens is 278 g/mol. The molecule has 0 aliphatic rings. The Kier molecular flexibility index (Phi) is 3.21. The van der Waals surface area contributed by atoms with Gasteiger partial charge in [-0.25, -0.2) is 4.98 Å². The van der Waals surface area contributed by atoms with Gasteiger partial charge in [0.2, 0.25) is 11.0 Å². The van der Waals surface area contributed by atoms with Crippen LogP contribution in [0.5, 0.6) is 0 Å². The SMILES string of the molecule is O=C(Cn1cnc2ccccc2c1=O)Nc1nncs1. The molecule has 2 aromatic heterocycles. The van der Waals surface area contributed by atoms with Crippen LogP contribution in [0.25, 0.3) is 10.9 Å². The lowest BCUT2D eigenvalue weighted by atomic mass is 10.2. The summed E-state index contributed by atoms with van der Waals surface area (Å²) >= 11 is 1.21. The van der Waals surface area contributed by atoms with Crippen LogP contribution in [0.1, 0.15) is 0 Å². The molecule has 8 heteroatoms. The first-order valence-electron chi connectivity index (χ1n) is 5.74. The zero-order valence-electron chi connectivity index (χ0n) is 10.2. The molecule has 1 amide bonds. The van der Waals surface area contributed by atoms with E-state index in [1.165, 1.54) is 27.7 Å². The van der Waals surface area contributed by atoms with Crippen molar-refractivity contribution in [2.45, 2.75) is 6.54 Å². The smallest absolute Gasteiger partial charge is 0.261 e. The van der Waals surface area contributed by atoms with Gasteiger partial charge in [0.1, 0.15) is 12.1 Å². The minimum absolute atomic E-state index is 0.115. The van der Waals surface area contributed by atoms with Gasteiger partial charge in [0, 0.05) is 0 Å². The van der Waals surface area contributed by atoms with Crippen LogP contribution < -0.4 is 10.9 Å². The number of anilines is 1. The summed E-state index contributed by atoms with van der Waals surface area (Å²) in [5.74, 6) is -0.346. The number of nitrogens with zero attached hydrogens (tertiary/aromatic N) is 4. The molecule has 0 saturated heterocycles. The monoisotopic (exact) mass is 287 g/mol. The summed E-state index contributed by atoms with van der Waals surface area (Å²) in [7, 11) is 0. The van der Waals surface area contributed by atoms with E-state index in [9.17, 15) is 9.59 Å². The highest BCUT2D eigenvalue weighted by molar-refractivity contribution is 7.13. The van der Waals surface area contributed by atoms with Crippen molar-refractivity contribution in [1.29, 1.82) is 0 Å². The van der Waals surface area contributed by atoms with Crippen molar-refractivity contribution in [3.05, 3.63) is 46.5 Å². The molecule has 2 heterocycles. The van der Waals surface area contributed by atoms with Gasteiger partial charge < -0.3 is 0 Å². The van der Waals surface area contributed by atoms with Gasteiger partial charge in [-0.1, -0.05) is 23.5 Å². The fourth-order valence-corrected chi connectivity index (χ4v) is 2.22. The normalized spacial score (nSPS) is 10.6. The maximum Gasteiger partial charge on any atom is 0.261 e. The molecule has 0 saturated carbocycles. The number of para-hydroxylation sites is 1. The lowest BCUT2D eigenvalue weighted by Crippen LogP contribution is -2.27. The second-order valence-electron chi connectivity index (χ2n) is 3.99. The van der Waals surface area contributed by atoms with Crippen molar-refractivity contribution < 1.29 is 4.79 Å². The Balaban J connectivity index is 1.86. The molecule has 3 aromatic rings. The predicted molar refractivity (Wildman–Crippen MR) is 74.5 cm³/mol. The Morgan fingerprint density at radius 3 is 3.00 bits per heavy atom.